The molecule has 2 aliphatic rings. The molecule has 2 saturated heterocycles. The van der Waals surface area contributed by atoms with E-state index < -0.39 is 0 Å². The van der Waals surface area contributed by atoms with Crippen LogP contribution in [-0.4, -0.2) is 29.4 Å². The van der Waals surface area contributed by atoms with Crippen LogP contribution in [0.3, 0.4) is 0 Å². The summed E-state index contributed by atoms with van der Waals surface area (Å²) in [5.41, 5.74) is 2.68. The van der Waals surface area contributed by atoms with Gasteiger partial charge in [0.1, 0.15) is 5.50 Å². The number of thioether (sulfide) groups is 1. The molecule has 0 aromatic heterocycles. The Labute approximate surface area is 137 Å². The molecule has 0 saturated carbocycles. The molecule has 0 aliphatic carbocycles. The number of carbonyl (C=O) groups excluding carboxylic acids is 1. The van der Waals surface area contributed by atoms with Crippen LogP contribution in [0.15, 0.2) is 29.2 Å². The molecule has 22 heavy (non-hydrogen) atoms. The van der Waals surface area contributed by atoms with Crippen LogP contribution in [-0.2, 0) is 10.2 Å². The lowest BCUT2D eigenvalue weighted by Crippen LogP contribution is -2.39. The Kier molecular flexibility index (Phi) is 4.33. The number of hydrogen-bond donors (Lipinski definition) is 1. The zero-order valence-electron chi connectivity index (χ0n) is 13.6. The predicted octanol–water partition coefficient (Wildman–Crippen LogP) is 3.57. The van der Waals surface area contributed by atoms with Gasteiger partial charge in [-0.25, -0.2) is 0 Å². The predicted molar refractivity (Wildman–Crippen MR) is 93.4 cm³/mol. The quantitative estimate of drug-likeness (QED) is 0.847. The second-order valence-corrected chi connectivity index (χ2v) is 8.19. The number of benzene rings is 1. The first-order chi connectivity index (χ1) is 10.4. The van der Waals surface area contributed by atoms with Crippen molar-refractivity contribution >= 4 is 23.7 Å². The maximum absolute atomic E-state index is 12.1. The molecule has 1 unspecified atom stereocenters. The molecule has 1 N–H and O–H groups in total. The fourth-order valence-corrected chi connectivity index (χ4v) is 4.00. The Balaban J connectivity index is 1.73. The van der Waals surface area contributed by atoms with Crippen molar-refractivity contribution in [2.24, 2.45) is 0 Å². The van der Waals surface area contributed by atoms with Gasteiger partial charge in [0.25, 0.3) is 5.91 Å². The molecule has 1 aromatic rings. The van der Waals surface area contributed by atoms with E-state index >= 15 is 0 Å². The van der Waals surface area contributed by atoms with Crippen LogP contribution < -0.4 is 5.32 Å². The number of nitrogens with one attached hydrogen (secondary N) is 1. The smallest absolute Gasteiger partial charge is 0.259 e. The van der Waals surface area contributed by atoms with Crippen molar-refractivity contribution in [1.29, 1.82) is 0 Å². The van der Waals surface area contributed by atoms with Gasteiger partial charge in [0, 0.05) is 13.1 Å². The number of rotatable bonds is 2. The average Bonchev–Trinajstić information content (AvgIpc) is 3.09. The maximum Gasteiger partial charge on any atom is 0.259 e. The third-order valence-electron chi connectivity index (χ3n) is 4.26. The van der Waals surface area contributed by atoms with Crippen molar-refractivity contribution in [2.75, 3.05) is 13.1 Å². The number of hydrogen-bond acceptors (Lipinski definition) is 3. The van der Waals surface area contributed by atoms with Crippen LogP contribution >= 0.6 is 11.8 Å². The van der Waals surface area contributed by atoms with E-state index in [1.54, 1.807) is 11.8 Å². The fraction of sp³-hybridized carbons (Fsp3) is 0.500. The van der Waals surface area contributed by atoms with Crippen LogP contribution in [0.25, 0.3) is 6.08 Å². The van der Waals surface area contributed by atoms with E-state index in [9.17, 15) is 4.79 Å². The van der Waals surface area contributed by atoms with Crippen LogP contribution in [0, 0.1) is 0 Å². The molecule has 4 heteroatoms. The van der Waals surface area contributed by atoms with Crippen molar-refractivity contribution in [3.8, 4) is 0 Å². The molecule has 1 atom stereocenters. The summed E-state index contributed by atoms with van der Waals surface area (Å²) < 4.78 is 0. The summed E-state index contributed by atoms with van der Waals surface area (Å²) in [6.45, 7) is 8.81. The minimum Gasteiger partial charge on any atom is -0.327 e. The highest BCUT2D eigenvalue weighted by atomic mass is 32.2. The largest absolute Gasteiger partial charge is 0.327 e. The first-order valence-electron chi connectivity index (χ1n) is 7.97. The molecule has 0 bridgehead atoms. The van der Waals surface area contributed by atoms with Gasteiger partial charge in [0.05, 0.1) is 4.91 Å². The number of amides is 1. The van der Waals surface area contributed by atoms with Gasteiger partial charge in [-0.15, -0.1) is 0 Å². The van der Waals surface area contributed by atoms with Gasteiger partial charge in [0.2, 0.25) is 0 Å². The van der Waals surface area contributed by atoms with Crippen molar-refractivity contribution in [3.63, 3.8) is 0 Å². The standard InChI is InChI=1S/C18H24N2OS/c1-18(2,3)14-8-6-13(7-9-14)12-15-16(21)19-17(22-15)20-10-4-5-11-20/h6-9,12,17H,4-5,10-11H2,1-3H3,(H,19,21)/b15-12-. The van der Waals surface area contributed by atoms with Crippen molar-refractivity contribution < 1.29 is 4.79 Å². The highest BCUT2D eigenvalue weighted by molar-refractivity contribution is 8.05. The second kappa shape index (κ2) is 6.09. The lowest BCUT2D eigenvalue weighted by molar-refractivity contribution is -0.117. The highest BCUT2D eigenvalue weighted by Crippen LogP contribution is 2.33. The molecule has 3 nitrogen and oxygen atoms in total. The van der Waals surface area contributed by atoms with Gasteiger partial charge in [-0.1, -0.05) is 56.8 Å². The van der Waals surface area contributed by atoms with Gasteiger partial charge >= 0.3 is 0 Å². The van der Waals surface area contributed by atoms with E-state index in [1.165, 1.54) is 18.4 Å². The molecule has 2 fully saturated rings. The van der Waals surface area contributed by atoms with Gasteiger partial charge in [-0.3, -0.25) is 9.69 Å². The molecular formula is C18H24N2OS. The molecular weight excluding hydrogens is 292 g/mol. The molecule has 1 aromatic carbocycles. The van der Waals surface area contributed by atoms with Gasteiger partial charge in [0.15, 0.2) is 0 Å². The molecule has 2 aliphatic heterocycles. The van der Waals surface area contributed by atoms with E-state index in [1.807, 2.05) is 6.08 Å². The van der Waals surface area contributed by atoms with E-state index in [4.69, 9.17) is 0 Å². The molecule has 118 valence electrons. The Hall–Kier alpha value is -1.26. The summed E-state index contributed by atoms with van der Waals surface area (Å²) in [7, 11) is 0. The minimum atomic E-state index is 0.0572. The third kappa shape index (κ3) is 3.39. The first kappa shape index (κ1) is 15.6. The van der Waals surface area contributed by atoms with E-state index in [2.05, 4.69) is 55.3 Å². The SMILES string of the molecule is CC(C)(C)c1ccc(/C=C2\SC(N3CCCC3)NC2=O)cc1. The Morgan fingerprint density at radius 2 is 1.82 bits per heavy atom. The van der Waals surface area contributed by atoms with E-state index in [0.717, 1.165) is 23.6 Å². The van der Waals surface area contributed by atoms with Gasteiger partial charge in [-0.05, 0) is 35.5 Å². The van der Waals surface area contributed by atoms with Crippen molar-refractivity contribution in [3.05, 3.63) is 40.3 Å². The fourth-order valence-electron chi connectivity index (χ4n) is 2.86. The number of nitrogens with zero attached hydrogens (tertiary/aromatic N) is 1. The van der Waals surface area contributed by atoms with Crippen molar-refractivity contribution in [1.82, 2.24) is 10.2 Å². The minimum absolute atomic E-state index is 0.0572. The van der Waals surface area contributed by atoms with E-state index in [-0.39, 0.29) is 16.8 Å². The number of carbonyl (C=O) groups is 1. The Morgan fingerprint density at radius 3 is 2.41 bits per heavy atom. The summed E-state index contributed by atoms with van der Waals surface area (Å²) in [6, 6.07) is 8.51. The summed E-state index contributed by atoms with van der Waals surface area (Å²) in [6.07, 6.45) is 4.48. The van der Waals surface area contributed by atoms with Crippen LogP contribution in [0.2, 0.25) is 0 Å². The lowest BCUT2D eigenvalue weighted by atomic mass is 9.87. The number of likely N-dealkylation sites (tertiary alicyclic amines) is 1. The second-order valence-electron chi connectivity index (χ2n) is 7.07. The molecule has 2 heterocycles. The topological polar surface area (TPSA) is 32.3 Å². The zero-order chi connectivity index (χ0) is 15.7. The maximum atomic E-state index is 12.1. The van der Waals surface area contributed by atoms with Crippen LogP contribution in [0.4, 0.5) is 0 Å². The van der Waals surface area contributed by atoms with E-state index in [0.29, 0.717) is 0 Å². The summed E-state index contributed by atoms with van der Waals surface area (Å²) in [5.74, 6) is 0.0572. The first-order valence-corrected chi connectivity index (χ1v) is 8.85. The third-order valence-corrected chi connectivity index (χ3v) is 5.46. The van der Waals surface area contributed by atoms with Crippen LogP contribution in [0.1, 0.15) is 44.7 Å². The summed E-state index contributed by atoms with van der Waals surface area (Å²) >= 11 is 1.65. The molecule has 3 rings (SSSR count). The molecule has 0 spiro atoms. The summed E-state index contributed by atoms with van der Waals surface area (Å²) in [4.78, 5) is 15.3. The zero-order valence-corrected chi connectivity index (χ0v) is 14.4. The van der Waals surface area contributed by atoms with Gasteiger partial charge in [-0.2, -0.15) is 0 Å². The van der Waals surface area contributed by atoms with Crippen molar-refractivity contribution in [2.45, 2.75) is 44.5 Å². The average molecular weight is 316 g/mol. The normalized spacial score (nSPS) is 25.0. The Morgan fingerprint density at radius 1 is 1.18 bits per heavy atom. The summed E-state index contributed by atoms with van der Waals surface area (Å²) in [5, 5.41) is 3.08. The molecule has 1 amide bonds. The monoisotopic (exact) mass is 316 g/mol. The van der Waals surface area contributed by atoms with Gasteiger partial charge < -0.3 is 5.32 Å². The highest BCUT2D eigenvalue weighted by Gasteiger charge is 2.32. The van der Waals surface area contributed by atoms with Crippen LogP contribution in [0.5, 0.6) is 0 Å². The Bertz CT molecular complexity index is 580. The lowest BCUT2D eigenvalue weighted by Gasteiger charge is -2.21. The molecule has 0 radical (unpaired) electrons.